The average Bonchev–Trinajstić information content (AvgIpc) is 1.62. The van der Waals surface area contributed by atoms with Crippen LogP contribution in [0, 0.1) is 0 Å². The normalized spacial score (nSPS) is 23.9. The van der Waals surface area contributed by atoms with Crippen LogP contribution in [0.2, 0.25) is 0 Å². The number of nitrogens with one attached hydrogen (secondary N) is 3. The Balaban J connectivity index is 0.000000169. The predicted octanol–water partition coefficient (Wildman–Crippen LogP) is 6.83. The second-order valence-electron chi connectivity index (χ2n) is 23.6. The maximum Gasteiger partial charge on any atom is 0.351 e. The van der Waals surface area contributed by atoms with Crippen LogP contribution in [-0.4, -0.2) is 143 Å². The topological polar surface area (TPSA) is 353 Å². The first kappa shape index (κ1) is 72.7. The van der Waals surface area contributed by atoms with Crippen LogP contribution in [0.5, 0.6) is 0 Å². The minimum absolute atomic E-state index is 0.0518. The molecule has 0 aliphatic carbocycles. The SMILES string of the molecule is C[C@@]1(F)[C@H](OC(=O)c2ccccc2)[C@@H](CO)O[C@H]1n1ccc(=O)[nH]c1=O.C[C@@]1(F)[C@H](OC(=O)c2ccccc2)[C@@H](COC(=O)c2ccccc2)O[C@H]1n1ccc(=O)[nH]c1=O.C[C@@]1(F)[C@H](OC(=O)c2ccccc2)[C@@H](COC(=O)c2ccccc2)O[C@H]1n1ccc(NC(=O)c2ccccc2)nc1=O. The van der Waals surface area contributed by atoms with Crippen LogP contribution in [0.3, 0.4) is 0 Å². The van der Waals surface area contributed by atoms with E-state index in [4.69, 9.17) is 37.9 Å². The van der Waals surface area contributed by atoms with Gasteiger partial charge in [0.25, 0.3) is 17.0 Å². The van der Waals surface area contributed by atoms with E-state index < -0.39 is 156 Å². The van der Waals surface area contributed by atoms with Gasteiger partial charge in [-0.2, -0.15) is 4.98 Å². The molecule has 0 spiro atoms. The van der Waals surface area contributed by atoms with Crippen molar-refractivity contribution < 1.29 is 84.9 Å². The summed E-state index contributed by atoms with van der Waals surface area (Å²) in [5, 5.41) is 12.0. The van der Waals surface area contributed by atoms with Gasteiger partial charge in [0.05, 0.1) is 34.4 Å². The number of carbonyl (C=O) groups excluding carboxylic acids is 6. The smallest absolute Gasteiger partial charge is 0.351 e. The molecule has 9 aromatic rings. The Labute approximate surface area is 575 Å². The highest BCUT2D eigenvalue weighted by atomic mass is 19.2. The molecule has 12 atom stereocenters. The number of aliphatic hydroxyl groups is 1. The number of H-pyrrole nitrogens is 2. The van der Waals surface area contributed by atoms with Gasteiger partial charge in [-0.1, -0.05) is 109 Å². The zero-order chi connectivity index (χ0) is 72.9. The molecule has 3 fully saturated rings. The van der Waals surface area contributed by atoms with Gasteiger partial charge in [0.1, 0.15) is 37.3 Å². The van der Waals surface area contributed by atoms with Crippen molar-refractivity contribution in [3.05, 3.63) is 304 Å². The van der Waals surface area contributed by atoms with Gasteiger partial charge < -0.3 is 48.3 Å². The van der Waals surface area contributed by atoms with Crippen LogP contribution >= 0.6 is 0 Å². The molecule has 6 aromatic carbocycles. The molecule has 0 bridgehead atoms. The minimum atomic E-state index is -2.46. The molecule has 528 valence electrons. The van der Waals surface area contributed by atoms with E-state index in [9.17, 15) is 57.8 Å². The first-order valence-corrected chi connectivity index (χ1v) is 31.3. The highest BCUT2D eigenvalue weighted by molar-refractivity contribution is 6.03. The lowest BCUT2D eigenvalue weighted by molar-refractivity contribution is -0.0649. The number of nitrogens with zero attached hydrogens (tertiary/aromatic N) is 4. The lowest BCUT2D eigenvalue weighted by atomic mass is 9.98. The Bertz CT molecular complexity index is 4760. The molecular formula is C72H64F3N7O20. The summed E-state index contributed by atoms with van der Waals surface area (Å²) >= 11 is 0. The van der Waals surface area contributed by atoms with E-state index in [0.29, 0.717) is 5.56 Å². The number of aromatic nitrogens is 6. The third-order valence-corrected chi connectivity index (χ3v) is 16.3. The zero-order valence-corrected chi connectivity index (χ0v) is 54.2. The number of aliphatic hydroxyl groups excluding tert-OH is 1. The Morgan fingerprint density at radius 3 is 1.05 bits per heavy atom. The molecule has 12 rings (SSSR count). The number of alkyl halides is 3. The van der Waals surface area contributed by atoms with Crippen molar-refractivity contribution in [1.29, 1.82) is 0 Å². The van der Waals surface area contributed by atoms with Gasteiger partial charge in [-0.25, -0.2) is 51.5 Å². The fourth-order valence-corrected chi connectivity index (χ4v) is 11.2. The standard InChI is InChI=1S/C31H26FN3O7.C24H21FN2O7.C17H17FN2O6/c1-31(32)25(42-28(38)22-15-9-4-10-16-22)23(19-40-27(37)21-13-7-3-8-14-21)41-29(31)35-18-17-24(34-30(35)39)33-26(36)20-11-5-2-6-12-20;1-24(25)19(34-21(30)16-10-6-3-7-11-16)17(14-32-20(29)15-8-4-2-5-9-15)33-22(24)27-13-12-18(28)26-23(27)31;1-17(18)13(26-14(23)10-5-3-2-4-6-10)11(9-21)25-15(17)20-8-7-12(22)19-16(20)24/h2-18,23,25,29H,19H2,1H3,(H,33,34,36,39);2-13,17,19,22H,14H2,1H3,(H,26,28,31);2-8,11,13,15,21H,9H2,1H3,(H,19,22,24)/t23-,25-,29-,31-;17-,19-,22-,24-;11-,13-,15-,17-/m111/s1. The summed E-state index contributed by atoms with van der Waals surface area (Å²) in [6.45, 7) is 1.79. The summed E-state index contributed by atoms with van der Waals surface area (Å²) in [5.74, 6) is -4.32. The van der Waals surface area contributed by atoms with E-state index in [1.54, 1.807) is 146 Å². The molecule has 0 saturated carbocycles. The van der Waals surface area contributed by atoms with Gasteiger partial charge in [0.2, 0.25) is 0 Å². The number of amides is 1. The summed E-state index contributed by atoms with van der Waals surface area (Å²) < 4.78 is 94.6. The van der Waals surface area contributed by atoms with Crippen molar-refractivity contribution in [2.24, 2.45) is 0 Å². The van der Waals surface area contributed by atoms with Crippen molar-refractivity contribution in [1.82, 2.24) is 28.7 Å². The number of carbonyl (C=O) groups is 6. The van der Waals surface area contributed by atoms with Crippen molar-refractivity contribution >= 4 is 41.6 Å². The van der Waals surface area contributed by atoms with E-state index in [1.165, 1.54) is 48.7 Å². The molecule has 102 heavy (non-hydrogen) atoms. The molecular weight excluding hydrogens is 1340 g/mol. The average molecular weight is 1400 g/mol. The van der Waals surface area contributed by atoms with Gasteiger partial charge in [-0.3, -0.25) is 38.1 Å². The number of rotatable bonds is 18. The second-order valence-corrected chi connectivity index (χ2v) is 23.6. The maximum atomic E-state index is 16.5. The zero-order valence-electron chi connectivity index (χ0n) is 54.2. The molecule has 6 heterocycles. The molecule has 0 radical (unpaired) electrons. The van der Waals surface area contributed by atoms with Gasteiger partial charge in [-0.05, 0) is 99.6 Å². The molecule has 0 unspecified atom stereocenters. The first-order chi connectivity index (χ1) is 48.8. The second kappa shape index (κ2) is 31.9. The third-order valence-electron chi connectivity index (χ3n) is 16.3. The summed E-state index contributed by atoms with van der Waals surface area (Å²) in [6.07, 6.45) is -9.52. The van der Waals surface area contributed by atoms with Crippen LogP contribution in [0.4, 0.5) is 19.0 Å². The van der Waals surface area contributed by atoms with Crippen LogP contribution in [0.15, 0.2) is 243 Å². The number of benzene rings is 6. The van der Waals surface area contributed by atoms with Crippen LogP contribution in [0.25, 0.3) is 0 Å². The summed E-state index contributed by atoms with van der Waals surface area (Å²) in [4.78, 5) is 143. The predicted molar refractivity (Wildman–Crippen MR) is 353 cm³/mol. The highest BCUT2D eigenvalue weighted by Gasteiger charge is 2.61. The first-order valence-electron chi connectivity index (χ1n) is 31.3. The van der Waals surface area contributed by atoms with Gasteiger partial charge in [0.15, 0.2) is 54.0 Å². The molecule has 27 nitrogen and oxygen atoms in total. The fourth-order valence-electron chi connectivity index (χ4n) is 11.2. The number of hydrogen-bond donors (Lipinski definition) is 4. The molecule has 30 heteroatoms. The van der Waals surface area contributed by atoms with Crippen molar-refractivity contribution in [3.63, 3.8) is 0 Å². The van der Waals surface area contributed by atoms with E-state index in [2.05, 4.69) is 10.3 Å². The van der Waals surface area contributed by atoms with Gasteiger partial charge >= 0.3 is 46.9 Å². The Hall–Kier alpha value is -12.0. The van der Waals surface area contributed by atoms with Crippen molar-refractivity contribution in [2.45, 2.75) is 93.1 Å². The van der Waals surface area contributed by atoms with Crippen LogP contribution in [0.1, 0.15) is 102 Å². The monoisotopic (exact) mass is 1400 g/mol. The highest BCUT2D eigenvalue weighted by Crippen LogP contribution is 2.45. The summed E-state index contributed by atoms with van der Waals surface area (Å²) in [6, 6.07) is 51.9. The minimum Gasteiger partial charge on any atom is -0.459 e. The van der Waals surface area contributed by atoms with Crippen LogP contribution < -0.4 is 33.5 Å². The molecule has 1 amide bonds. The van der Waals surface area contributed by atoms with Gasteiger partial charge in [-0.15, -0.1) is 0 Å². The number of aromatic amines is 2. The fraction of sp³-hybridized carbons (Fsp3) is 0.250. The van der Waals surface area contributed by atoms with E-state index >= 15 is 13.2 Å². The number of anilines is 1. The Morgan fingerprint density at radius 1 is 0.431 bits per heavy atom. The van der Waals surface area contributed by atoms with E-state index in [0.717, 1.165) is 59.0 Å². The lowest BCUT2D eigenvalue weighted by Crippen LogP contribution is -2.46. The van der Waals surface area contributed by atoms with Gasteiger partial charge in [0, 0.05) is 36.3 Å². The largest absolute Gasteiger partial charge is 0.459 e. The van der Waals surface area contributed by atoms with E-state index in [1.807, 2.05) is 9.97 Å². The molecule has 3 aliphatic heterocycles. The molecule has 3 saturated heterocycles. The lowest BCUT2D eigenvalue weighted by Gasteiger charge is -2.27. The maximum absolute atomic E-state index is 16.5. The molecule has 3 aromatic heterocycles. The van der Waals surface area contributed by atoms with Crippen molar-refractivity contribution in [3.8, 4) is 0 Å². The third kappa shape index (κ3) is 16.8. The van der Waals surface area contributed by atoms with E-state index in [-0.39, 0.29) is 33.6 Å². The summed E-state index contributed by atoms with van der Waals surface area (Å²) in [7, 11) is 0. The molecule has 3 aliphatic rings. The number of halogens is 3. The quantitative estimate of drug-likeness (QED) is 0.0505. The number of esters is 5. The molecule has 4 N–H and O–H groups in total. The number of hydrogen-bond acceptors (Lipinski definition) is 21. The summed E-state index contributed by atoms with van der Waals surface area (Å²) in [5.41, 5.74) is -9.77. The Morgan fingerprint density at radius 2 is 0.725 bits per heavy atom. The van der Waals surface area contributed by atoms with Crippen molar-refractivity contribution in [2.75, 3.05) is 25.1 Å². The number of ether oxygens (including phenoxy) is 8. The Kier molecular flexibility index (Phi) is 22.8. The van der Waals surface area contributed by atoms with Crippen LogP contribution in [-0.2, 0) is 37.9 Å².